The summed E-state index contributed by atoms with van der Waals surface area (Å²) in [5, 5.41) is 22.1. The Morgan fingerprint density at radius 1 is 1.32 bits per heavy atom. The van der Waals surface area contributed by atoms with Crippen LogP contribution in [0.5, 0.6) is 11.5 Å². The Bertz CT molecular complexity index is 1030. The van der Waals surface area contributed by atoms with Gasteiger partial charge in [0.1, 0.15) is 11.4 Å². The summed E-state index contributed by atoms with van der Waals surface area (Å²) in [6.07, 6.45) is 8.14. The highest BCUT2D eigenvalue weighted by atomic mass is 32.1. The number of thiol groups is 1. The van der Waals surface area contributed by atoms with Crippen LogP contribution in [0.4, 0.5) is 5.69 Å². The summed E-state index contributed by atoms with van der Waals surface area (Å²) in [7, 11) is 0. The second kappa shape index (κ2) is 7.55. The molecule has 0 aliphatic heterocycles. The molecule has 3 saturated carbocycles. The SMILES string of the molecule is C=C1C[C@@]23C=CC(=O)[C@@](C)(CCC(=O)Nc4c(O)ccc(C(=O)S)c4O)[C@@H]2C[C@@H]1CC3. The van der Waals surface area contributed by atoms with Crippen LogP contribution in [0.1, 0.15) is 55.8 Å². The van der Waals surface area contributed by atoms with Gasteiger partial charge in [-0.3, -0.25) is 14.4 Å². The number of hydrogen-bond acceptors (Lipinski definition) is 5. The Kier molecular flexibility index (Phi) is 5.28. The first-order chi connectivity index (χ1) is 14.6. The van der Waals surface area contributed by atoms with E-state index < -0.39 is 22.2 Å². The van der Waals surface area contributed by atoms with E-state index in [-0.39, 0.29) is 40.5 Å². The van der Waals surface area contributed by atoms with Gasteiger partial charge in [0.15, 0.2) is 11.5 Å². The van der Waals surface area contributed by atoms with E-state index in [0.717, 1.165) is 25.7 Å². The zero-order valence-electron chi connectivity index (χ0n) is 17.5. The molecule has 4 aliphatic rings. The Hall–Kier alpha value is -2.54. The minimum Gasteiger partial charge on any atom is -0.506 e. The van der Waals surface area contributed by atoms with Crippen molar-refractivity contribution in [3.63, 3.8) is 0 Å². The van der Waals surface area contributed by atoms with Crippen molar-refractivity contribution in [3.8, 4) is 11.5 Å². The van der Waals surface area contributed by atoms with Gasteiger partial charge in [0.05, 0.1) is 5.56 Å². The van der Waals surface area contributed by atoms with Crippen LogP contribution in [0.2, 0.25) is 0 Å². The van der Waals surface area contributed by atoms with E-state index in [9.17, 15) is 24.6 Å². The maximum atomic E-state index is 13.0. The van der Waals surface area contributed by atoms with Crippen molar-refractivity contribution >= 4 is 35.1 Å². The van der Waals surface area contributed by atoms with Gasteiger partial charge in [-0.1, -0.05) is 25.2 Å². The van der Waals surface area contributed by atoms with Crippen LogP contribution in [0, 0.1) is 22.7 Å². The topological polar surface area (TPSA) is 104 Å². The molecule has 4 aliphatic carbocycles. The van der Waals surface area contributed by atoms with Gasteiger partial charge in [0, 0.05) is 11.8 Å². The van der Waals surface area contributed by atoms with Crippen LogP contribution in [0.15, 0.2) is 36.4 Å². The number of aromatic hydroxyl groups is 2. The number of fused-ring (bicyclic) bond motifs is 2. The summed E-state index contributed by atoms with van der Waals surface area (Å²) in [4.78, 5) is 37.1. The number of hydrogen-bond donors (Lipinski definition) is 4. The molecule has 4 atom stereocenters. The Morgan fingerprint density at radius 2 is 2.06 bits per heavy atom. The van der Waals surface area contributed by atoms with E-state index in [1.54, 1.807) is 6.08 Å². The van der Waals surface area contributed by atoms with Gasteiger partial charge in [0.25, 0.3) is 0 Å². The number of amides is 1. The summed E-state index contributed by atoms with van der Waals surface area (Å²) < 4.78 is 0. The lowest BCUT2D eigenvalue weighted by molar-refractivity contribution is -0.136. The fourth-order valence-electron chi connectivity index (χ4n) is 5.91. The van der Waals surface area contributed by atoms with Crippen LogP contribution < -0.4 is 5.32 Å². The van der Waals surface area contributed by atoms with Crippen LogP contribution in [-0.4, -0.2) is 27.0 Å². The highest BCUT2D eigenvalue weighted by Crippen LogP contribution is 2.64. The maximum Gasteiger partial charge on any atom is 0.224 e. The third-order valence-electron chi connectivity index (χ3n) is 7.73. The van der Waals surface area contributed by atoms with Crippen LogP contribution in [-0.2, 0) is 9.59 Å². The lowest BCUT2D eigenvalue weighted by Crippen LogP contribution is -2.54. The Morgan fingerprint density at radius 3 is 2.74 bits per heavy atom. The normalized spacial score (nSPS) is 31.4. The molecular formula is C24H27NO5S. The highest BCUT2D eigenvalue weighted by molar-refractivity contribution is 7.97. The Balaban J connectivity index is 1.52. The molecule has 0 radical (unpaired) electrons. The molecule has 0 unspecified atom stereocenters. The van der Waals surface area contributed by atoms with E-state index in [1.807, 2.05) is 6.92 Å². The third kappa shape index (κ3) is 3.49. The van der Waals surface area contributed by atoms with E-state index in [0.29, 0.717) is 12.3 Å². The number of benzene rings is 1. The standard InChI is InChI=1S/C24H27NO5S/c1-13-12-24-9-5-14(13)11-17(24)23(2,18(27)6-10-24)8-7-19(28)25-20-16(26)4-3-15(21(20)29)22(30)31/h3-4,6,10,14,17,26,29H,1,5,7-9,11-12H2,2H3,(H,25,28)(H,30,31)/t14-,17-,23-,24+/m0/s1. The fourth-order valence-corrected chi connectivity index (χ4v) is 6.09. The molecular weight excluding hydrogens is 414 g/mol. The number of anilines is 1. The van der Waals surface area contributed by atoms with Gasteiger partial charge < -0.3 is 15.5 Å². The quantitative estimate of drug-likeness (QED) is 0.308. The zero-order chi connectivity index (χ0) is 22.6. The average Bonchev–Trinajstić information content (AvgIpc) is 2.72. The molecule has 1 aromatic carbocycles. The predicted molar refractivity (Wildman–Crippen MR) is 120 cm³/mol. The van der Waals surface area contributed by atoms with E-state index in [1.165, 1.54) is 17.7 Å². The lowest BCUT2D eigenvalue weighted by atomic mass is 9.44. The molecule has 31 heavy (non-hydrogen) atoms. The number of carbonyl (C=O) groups excluding carboxylic acids is 3. The molecule has 1 amide bonds. The first kappa shape index (κ1) is 21.7. The molecule has 3 N–H and O–H groups in total. The molecule has 3 fully saturated rings. The Labute approximate surface area is 186 Å². The van der Waals surface area contributed by atoms with E-state index in [4.69, 9.17) is 0 Å². The number of phenols is 2. The van der Waals surface area contributed by atoms with Crippen LogP contribution >= 0.6 is 12.6 Å². The number of ketones is 1. The first-order valence-corrected chi connectivity index (χ1v) is 11.0. The molecule has 0 heterocycles. The molecule has 164 valence electrons. The average molecular weight is 442 g/mol. The van der Waals surface area contributed by atoms with Crippen molar-refractivity contribution in [3.05, 3.63) is 42.0 Å². The number of nitrogens with one attached hydrogen (secondary N) is 1. The second-order valence-corrected chi connectivity index (χ2v) is 9.82. The minimum atomic E-state index is -0.681. The fraction of sp³-hybridized carbons (Fsp3) is 0.458. The number of phenolic OH excluding ortho intramolecular Hbond substituents is 2. The van der Waals surface area contributed by atoms with Crippen molar-refractivity contribution in [2.75, 3.05) is 5.32 Å². The highest BCUT2D eigenvalue weighted by Gasteiger charge is 2.58. The summed E-state index contributed by atoms with van der Waals surface area (Å²) in [5.41, 5.74) is 0.221. The number of allylic oxidation sites excluding steroid dienone is 3. The number of carbonyl (C=O) groups is 3. The second-order valence-electron chi connectivity index (χ2n) is 9.42. The van der Waals surface area contributed by atoms with Gasteiger partial charge in [0.2, 0.25) is 11.0 Å². The smallest absolute Gasteiger partial charge is 0.224 e. The summed E-state index contributed by atoms with van der Waals surface area (Å²) in [6.45, 7) is 6.20. The third-order valence-corrected chi connectivity index (χ3v) is 7.97. The monoisotopic (exact) mass is 441 g/mol. The van der Waals surface area contributed by atoms with Crippen LogP contribution in [0.25, 0.3) is 0 Å². The molecule has 2 bridgehead atoms. The molecule has 1 spiro atoms. The molecule has 7 heteroatoms. The number of rotatable bonds is 5. The van der Waals surface area contributed by atoms with Gasteiger partial charge in [-0.25, -0.2) is 0 Å². The molecule has 0 saturated heterocycles. The van der Waals surface area contributed by atoms with Gasteiger partial charge in [-0.05, 0) is 67.6 Å². The maximum absolute atomic E-state index is 13.0. The van der Waals surface area contributed by atoms with Crippen molar-refractivity contribution < 1.29 is 24.6 Å². The molecule has 0 aromatic heterocycles. The minimum absolute atomic E-state index is 0.0439. The van der Waals surface area contributed by atoms with Crippen molar-refractivity contribution in [1.29, 1.82) is 0 Å². The van der Waals surface area contributed by atoms with Gasteiger partial charge in [-0.15, -0.1) is 12.6 Å². The predicted octanol–water partition coefficient (Wildman–Crippen LogP) is 4.39. The largest absolute Gasteiger partial charge is 0.506 e. The van der Waals surface area contributed by atoms with Crippen molar-refractivity contribution in [2.45, 2.75) is 45.4 Å². The molecule has 5 rings (SSSR count). The molecule has 6 nitrogen and oxygen atoms in total. The summed E-state index contributed by atoms with van der Waals surface area (Å²) >= 11 is 3.69. The lowest BCUT2D eigenvalue weighted by Gasteiger charge is -2.59. The van der Waals surface area contributed by atoms with Gasteiger partial charge >= 0.3 is 0 Å². The van der Waals surface area contributed by atoms with Crippen molar-refractivity contribution in [2.24, 2.45) is 22.7 Å². The van der Waals surface area contributed by atoms with E-state index in [2.05, 4.69) is 30.6 Å². The summed E-state index contributed by atoms with van der Waals surface area (Å²) in [5.74, 6) is -0.677. The van der Waals surface area contributed by atoms with E-state index >= 15 is 0 Å². The first-order valence-electron chi connectivity index (χ1n) is 10.6. The van der Waals surface area contributed by atoms with Crippen LogP contribution in [0.3, 0.4) is 0 Å². The van der Waals surface area contributed by atoms with Gasteiger partial charge in [-0.2, -0.15) is 0 Å². The summed E-state index contributed by atoms with van der Waals surface area (Å²) in [6, 6.07) is 2.44. The molecule has 1 aromatic rings. The zero-order valence-corrected chi connectivity index (χ0v) is 18.4. The van der Waals surface area contributed by atoms with Crippen molar-refractivity contribution in [1.82, 2.24) is 0 Å².